The summed E-state index contributed by atoms with van der Waals surface area (Å²) in [6.45, 7) is 12.8. The van der Waals surface area contributed by atoms with Gasteiger partial charge in [0.05, 0.1) is 6.61 Å². The first-order valence-electron chi connectivity index (χ1n) is 12.2. The maximum Gasteiger partial charge on any atom is 0.260 e. The number of carbonyl (C=O) groups excluding carboxylic acids is 2. The number of amides is 2. The number of likely N-dealkylation sites (tertiary alicyclic amines) is 1. The third kappa shape index (κ3) is 6.86. The van der Waals surface area contributed by atoms with Gasteiger partial charge in [0.2, 0.25) is 0 Å². The lowest BCUT2D eigenvalue weighted by Crippen LogP contribution is -2.49. The number of carbonyl (C=O) groups is 2. The van der Waals surface area contributed by atoms with Crippen molar-refractivity contribution in [2.45, 2.75) is 46.5 Å². The van der Waals surface area contributed by atoms with Gasteiger partial charge in [0, 0.05) is 44.8 Å². The van der Waals surface area contributed by atoms with Gasteiger partial charge >= 0.3 is 0 Å². The van der Waals surface area contributed by atoms with E-state index in [1.165, 1.54) is 12.8 Å². The Kier molecular flexibility index (Phi) is 9.21. The average Bonchev–Trinajstić information content (AvgIpc) is 2.82. The molecule has 0 radical (unpaired) electrons. The second-order valence-corrected chi connectivity index (χ2v) is 9.14. The van der Waals surface area contributed by atoms with E-state index < -0.39 is 0 Å². The molecule has 32 heavy (non-hydrogen) atoms. The van der Waals surface area contributed by atoms with Crippen LogP contribution in [-0.4, -0.2) is 85.5 Å². The SMILES string of the molecule is CCOc1cc(C(=O)N2CCN(CCC(C)C)CC2)ccc1OCC(=O)N1CCCCC1. The molecule has 3 rings (SSSR count). The van der Waals surface area contributed by atoms with E-state index in [-0.39, 0.29) is 18.4 Å². The van der Waals surface area contributed by atoms with Crippen LogP contribution in [0.1, 0.15) is 56.8 Å². The van der Waals surface area contributed by atoms with Crippen molar-refractivity contribution in [3.05, 3.63) is 23.8 Å². The van der Waals surface area contributed by atoms with E-state index in [1.807, 2.05) is 16.7 Å². The number of benzene rings is 1. The Hall–Kier alpha value is -2.28. The zero-order valence-electron chi connectivity index (χ0n) is 20.0. The number of nitrogens with zero attached hydrogens (tertiary/aromatic N) is 3. The lowest BCUT2D eigenvalue weighted by Gasteiger charge is -2.35. The topological polar surface area (TPSA) is 62.3 Å². The number of rotatable bonds is 9. The van der Waals surface area contributed by atoms with Crippen LogP contribution in [0.25, 0.3) is 0 Å². The van der Waals surface area contributed by atoms with Crippen molar-refractivity contribution in [1.82, 2.24) is 14.7 Å². The van der Waals surface area contributed by atoms with Crippen LogP contribution in [0.2, 0.25) is 0 Å². The largest absolute Gasteiger partial charge is 0.490 e. The quantitative estimate of drug-likeness (QED) is 0.584. The normalized spacial score (nSPS) is 17.5. The molecule has 7 nitrogen and oxygen atoms in total. The first kappa shape index (κ1) is 24.4. The van der Waals surface area contributed by atoms with E-state index in [0.29, 0.717) is 29.6 Å². The summed E-state index contributed by atoms with van der Waals surface area (Å²) in [4.78, 5) is 31.7. The number of hydrogen-bond donors (Lipinski definition) is 0. The number of ether oxygens (including phenoxy) is 2. The minimum atomic E-state index is -0.00823. The van der Waals surface area contributed by atoms with E-state index in [4.69, 9.17) is 9.47 Å². The highest BCUT2D eigenvalue weighted by atomic mass is 16.5. The molecule has 0 unspecified atom stereocenters. The zero-order chi connectivity index (χ0) is 22.9. The van der Waals surface area contributed by atoms with Gasteiger partial charge in [0.25, 0.3) is 11.8 Å². The van der Waals surface area contributed by atoms with Crippen molar-refractivity contribution in [2.24, 2.45) is 5.92 Å². The minimum Gasteiger partial charge on any atom is -0.490 e. The van der Waals surface area contributed by atoms with Gasteiger partial charge in [0.15, 0.2) is 18.1 Å². The Morgan fingerprint density at radius 2 is 1.62 bits per heavy atom. The smallest absolute Gasteiger partial charge is 0.260 e. The fourth-order valence-electron chi connectivity index (χ4n) is 4.20. The van der Waals surface area contributed by atoms with Gasteiger partial charge in [-0.25, -0.2) is 0 Å². The van der Waals surface area contributed by atoms with Crippen molar-refractivity contribution in [2.75, 3.05) is 59.0 Å². The third-order valence-electron chi connectivity index (χ3n) is 6.23. The number of hydrogen-bond acceptors (Lipinski definition) is 5. The van der Waals surface area contributed by atoms with Crippen molar-refractivity contribution in [1.29, 1.82) is 0 Å². The van der Waals surface area contributed by atoms with Gasteiger partial charge in [-0.05, 0) is 63.3 Å². The summed E-state index contributed by atoms with van der Waals surface area (Å²) in [6, 6.07) is 5.27. The lowest BCUT2D eigenvalue weighted by molar-refractivity contribution is -0.134. The molecule has 0 N–H and O–H groups in total. The summed E-state index contributed by atoms with van der Waals surface area (Å²) >= 11 is 0. The first-order chi connectivity index (χ1) is 15.5. The fraction of sp³-hybridized carbons (Fsp3) is 0.680. The molecule has 2 fully saturated rings. The van der Waals surface area contributed by atoms with E-state index in [9.17, 15) is 9.59 Å². The molecule has 1 aromatic carbocycles. The second-order valence-electron chi connectivity index (χ2n) is 9.14. The summed E-state index contributed by atoms with van der Waals surface area (Å²) in [5, 5.41) is 0. The van der Waals surface area contributed by atoms with Gasteiger partial charge in [-0.15, -0.1) is 0 Å². The van der Waals surface area contributed by atoms with Crippen LogP contribution in [0.4, 0.5) is 0 Å². The summed E-state index contributed by atoms with van der Waals surface area (Å²) < 4.78 is 11.5. The Bertz CT molecular complexity index is 754. The molecule has 2 aliphatic rings. The average molecular weight is 446 g/mol. The Labute approximate surface area is 192 Å². The van der Waals surface area contributed by atoms with Crippen molar-refractivity contribution in [3.63, 3.8) is 0 Å². The van der Waals surface area contributed by atoms with E-state index in [1.54, 1.807) is 18.2 Å². The van der Waals surface area contributed by atoms with E-state index >= 15 is 0 Å². The minimum absolute atomic E-state index is 0.00244. The van der Waals surface area contributed by atoms with Crippen molar-refractivity contribution in [3.8, 4) is 11.5 Å². The molecule has 2 amide bonds. The van der Waals surface area contributed by atoms with Crippen LogP contribution in [-0.2, 0) is 4.79 Å². The molecule has 0 atom stereocenters. The van der Waals surface area contributed by atoms with Crippen LogP contribution in [0.5, 0.6) is 11.5 Å². The molecule has 0 aliphatic carbocycles. The molecule has 2 saturated heterocycles. The molecular weight excluding hydrogens is 406 g/mol. The summed E-state index contributed by atoms with van der Waals surface area (Å²) in [5.74, 6) is 1.74. The number of piperazine rings is 1. The Morgan fingerprint density at radius 3 is 2.28 bits per heavy atom. The predicted octanol–water partition coefficient (Wildman–Crippen LogP) is 3.28. The Morgan fingerprint density at radius 1 is 0.906 bits per heavy atom. The van der Waals surface area contributed by atoms with Crippen LogP contribution in [0.15, 0.2) is 18.2 Å². The maximum absolute atomic E-state index is 13.1. The maximum atomic E-state index is 13.1. The molecule has 0 bridgehead atoms. The summed E-state index contributed by atoms with van der Waals surface area (Å²) in [7, 11) is 0. The highest BCUT2D eigenvalue weighted by Crippen LogP contribution is 2.29. The zero-order valence-corrected chi connectivity index (χ0v) is 20.0. The molecule has 0 saturated carbocycles. The summed E-state index contributed by atoms with van der Waals surface area (Å²) in [6.07, 6.45) is 4.48. The molecule has 0 spiro atoms. The number of piperidine rings is 1. The molecule has 178 valence electrons. The lowest BCUT2D eigenvalue weighted by atomic mass is 10.1. The van der Waals surface area contributed by atoms with Gasteiger partial charge in [-0.3, -0.25) is 14.5 Å². The third-order valence-corrected chi connectivity index (χ3v) is 6.23. The predicted molar refractivity (Wildman–Crippen MR) is 125 cm³/mol. The van der Waals surface area contributed by atoms with E-state index in [2.05, 4.69) is 18.7 Å². The standard InChI is InChI=1S/C25H39N3O4/c1-4-31-23-18-21(25(30)28-16-14-26(15-17-28)13-10-20(2)3)8-9-22(23)32-19-24(29)27-11-6-5-7-12-27/h8-9,18,20H,4-7,10-17,19H2,1-3H3. The Balaban J connectivity index is 1.57. The van der Waals surface area contributed by atoms with Crippen LogP contribution in [0, 0.1) is 5.92 Å². The van der Waals surface area contributed by atoms with E-state index in [0.717, 1.165) is 58.7 Å². The van der Waals surface area contributed by atoms with Gasteiger partial charge in [-0.1, -0.05) is 13.8 Å². The van der Waals surface area contributed by atoms with Crippen LogP contribution >= 0.6 is 0 Å². The highest BCUT2D eigenvalue weighted by molar-refractivity contribution is 5.95. The van der Waals surface area contributed by atoms with Crippen molar-refractivity contribution < 1.29 is 19.1 Å². The highest BCUT2D eigenvalue weighted by Gasteiger charge is 2.24. The molecule has 2 heterocycles. The van der Waals surface area contributed by atoms with Crippen LogP contribution in [0.3, 0.4) is 0 Å². The summed E-state index contributed by atoms with van der Waals surface area (Å²) in [5.41, 5.74) is 0.596. The first-order valence-corrected chi connectivity index (χ1v) is 12.2. The monoisotopic (exact) mass is 445 g/mol. The van der Waals surface area contributed by atoms with Gasteiger partial charge < -0.3 is 19.3 Å². The van der Waals surface area contributed by atoms with Gasteiger partial charge in [-0.2, -0.15) is 0 Å². The van der Waals surface area contributed by atoms with Crippen molar-refractivity contribution >= 4 is 11.8 Å². The molecule has 0 aromatic heterocycles. The van der Waals surface area contributed by atoms with Gasteiger partial charge in [0.1, 0.15) is 0 Å². The molecule has 2 aliphatic heterocycles. The van der Waals surface area contributed by atoms with Crippen LogP contribution < -0.4 is 9.47 Å². The molecule has 1 aromatic rings. The molecular formula is C25H39N3O4. The fourth-order valence-corrected chi connectivity index (χ4v) is 4.20. The second kappa shape index (κ2) is 12.1. The molecule has 7 heteroatoms.